The average molecular weight is 246 g/mol. The van der Waals surface area contributed by atoms with Crippen LogP contribution in [0.1, 0.15) is 34.7 Å². The average Bonchev–Trinajstić information content (AvgIpc) is 2.83. The fraction of sp³-hybridized carbons (Fsp3) is 0.357. The summed E-state index contributed by atoms with van der Waals surface area (Å²) in [4.78, 5) is 4.32. The summed E-state index contributed by atoms with van der Waals surface area (Å²) >= 11 is 1.70. The number of thiazole rings is 1. The fourth-order valence-electron chi connectivity index (χ4n) is 1.79. The van der Waals surface area contributed by atoms with Crippen LogP contribution >= 0.6 is 11.3 Å². The van der Waals surface area contributed by atoms with Crippen molar-refractivity contribution in [1.29, 1.82) is 0 Å². The van der Waals surface area contributed by atoms with E-state index in [0.29, 0.717) is 6.04 Å². The molecule has 1 N–H and O–H groups in total. The van der Waals surface area contributed by atoms with Crippen LogP contribution in [0.25, 0.3) is 0 Å². The third-order valence-electron chi connectivity index (χ3n) is 2.93. The van der Waals surface area contributed by atoms with E-state index < -0.39 is 0 Å². The third-order valence-corrected chi connectivity index (χ3v) is 3.88. The quantitative estimate of drug-likeness (QED) is 0.891. The maximum Gasteiger partial charge on any atom is 0.109 e. The lowest BCUT2D eigenvalue weighted by Gasteiger charge is -2.13. The Labute approximate surface area is 107 Å². The molecule has 0 amide bonds. The fourth-order valence-corrected chi connectivity index (χ4v) is 2.46. The van der Waals surface area contributed by atoms with Crippen molar-refractivity contribution < 1.29 is 0 Å². The number of hydrogen-bond acceptors (Lipinski definition) is 3. The summed E-state index contributed by atoms with van der Waals surface area (Å²) in [5.41, 5.74) is 4.03. The molecule has 1 aromatic heterocycles. The molecule has 1 aromatic carbocycles. The smallest absolute Gasteiger partial charge is 0.109 e. The minimum atomic E-state index is 0.315. The summed E-state index contributed by atoms with van der Waals surface area (Å²) in [6.45, 7) is 7.34. The Morgan fingerprint density at radius 1 is 1.35 bits per heavy atom. The number of aryl methyl sites for hydroxylation is 2. The van der Waals surface area contributed by atoms with Crippen molar-refractivity contribution in [3.63, 3.8) is 0 Å². The van der Waals surface area contributed by atoms with Gasteiger partial charge in [0.15, 0.2) is 0 Å². The molecule has 0 saturated heterocycles. The van der Waals surface area contributed by atoms with Gasteiger partial charge in [-0.05, 0) is 31.9 Å². The summed E-state index contributed by atoms with van der Waals surface area (Å²) in [5.74, 6) is 0. The predicted molar refractivity (Wildman–Crippen MR) is 73.3 cm³/mol. The van der Waals surface area contributed by atoms with Gasteiger partial charge < -0.3 is 5.32 Å². The van der Waals surface area contributed by atoms with Gasteiger partial charge in [0.2, 0.25) is 0 Å². The van der Waals surface area contributed by atoms with E-state index in [1.807, 2.05) is 11.6 Å². The van der Waals surface area contributed by atoms with Gasteiger partial charge in [-0.1, -0.05) is 23.8 Å². The first-order valence-electron chi connectivity index (χ1n) is 5.85. The van der Waals surface area contributed by atoms with E-state index >= 15 is 0 Å². The Hall–Kier alpha value is -1.19. The molecule has 2 rings (SSSR count). The first-order valence-corrected chi connectivity index (χ1v) is 6.73. The normalized spacial score (nSPS) is 12.6. The van der Waals surface area contributed by atoms with Crippen molar-refractivity contribution in [3.8, 4) is 0 Å². The van der Waals surface area contributed by atoms with Gasteiger partial charge in [0.1, 0.15) is 5.01 Å². The summed E-state index contributed by atoms with van der Waals surface area (Å²) in [6, 6.07) is 6.90. The monoisotopic (exact) mass is 246 g/mol. The number of rotatable bonds is 4. The van der Waals surface area contributed by atoms with E-state index in [1.54, 1.807) is 11.3 Å². The molecule has 1 heterocycles. The summed E-state index contributed by atoms with van der Waals surface area (Å²) in [5, 5.41) is 6.68. The molecular formula is C14H18N2S. The van der Waals surface area contributed by atoms with Crippen LogP contribution in [-0.2, 0) is 6.54 Å². The number of nitrogens with zero attached hydrogens (tertiary/aromatic N) is 1. The second-order valence-electron chi connectivity index (χ2n) is 4.40. The first-order chi connectivity index (χ1) is 8.16. The molecule has 2 aromatic rings. The maximum atomic E-state index is 4.32. The van der Waals surface area contributed by atoms with E-state index in [0.717, 1.165) is 11.6 Å². The van der Waals surface area contributed by atoms with Gasteiger partial charge in [-0.2, -0.15) is 0 Å². The van der Waals surface area contributed by atoms with Crippen molar-refractivity contribution in [2.75, 3.05) is 0 Å². The van der Waals surface area contributed by atoms with Crippen molar-refractivity contribution in [2.45, 2.75) is 33.4 Å². The number of hydrogen-bond donors (Lipinski definition) is 1. The second-order valence-corrected chi connectivity index (χ2v) is 5.33. The number of aromatic nitrogens is 1. The Kier molecular flexibility index (Phi) is 3.92. The zero-order valence-corrected chi connectivity index (χ0v) is 11.3. The molecule has 0 spiro atoms. The Morgan fingerprint density at radius 3 is 2.88 bits per heavy atom. The molecule has 3 heteroatoms. The molecule has 0 aliphatic heterocycles. The molecule has 0 radical (unpaired) electrons. The molecule has 17 heavy (non-hydrogen) atoms. The van der Waals surface area contributed by atoms with E-state index in [2.05, 4.69) is 49.3 Å². The van der Waals surface area contributed by atoms with Gasteiger partial charge >= 0.3 is 0 Å². The molecule has 0 aliphatic rings. The molecular weight excluding hydrogens is 228 g/mol. The second kappa shape index (κ2) is 5.43. The van der Waals surface area contributed by atoms with Gasteiger partial charge in [0.05, 0.1) is 6.04 Å². The van der Waals surface area contributed by atoms with Gasteiger partial charge in [0, 0.05) is 18.1 Å². The summed E-state index contributed by atoms with van der Waals surface area (Å²) in [7, 11) is 0. The zero-order valence-electron chi connectivity index (χ0n) is 10.5. The lowest BCUT2D eigenvalue weighted by Crippen LogP contribution is -2.18. The lowest BCUT2D eigenvalue weighted by molar-refractivity contribution is 0.570. The Morgan fingerprint density at radius 2 is 2.18 bits per heavy atom. The Bertz CT molecular complexity index is 477. The van der Waals surface area contributed by atoms with Crippen LogP contribution in [-0.4, -0.2) is 4.98 Å². The topological polar surface area (TPSA) is 24.9 Å². The highest BCUT2D eigenvalue weighted by Crippen LogP contribution is 2.16. The van der Waals surface area contributed by atoms with Gasteiger partial charge in [-0.15, -0.1) is 11.3 Å². The van der Waals surface area contributed by atoms with E-state index in [9.17, 15) is 0 Å². The van der Waals surface area contributed by atoms with E-state index in [1.165, 1.54) is 16.7 Å². The number of benzene rings is 1. The van der Waals surface area contributed by atoms with Crippen LogP contribution in [0.5, 0.6) is 0 Å². The molecule has 0 fully saturated rings. The molecule has 0 saturated carbocycles. The predicted octanol–water partition coefficient (Wildman–Crippen LogP) is 3.61. The zero-order chi connectivity index (χ0) is 12.3. The lowest BCUT2D eigenvalue weighted by atomic mass is 10.1. The highest BCUT2D eigenvalue weighted by molar-refractivity contribution is 7.09. The molecule has 90 valence electrons. The van der Waals surface area contributed by atoms with Gasteiger partial charge in [0.25, 0.3) is 0 Å². The van der Waals surface area contributed by atoms with E-state index in [4.69, 9.17) is 0 Å². The van der Waals surface area contributed by atoms with Crippen molar-refractivity contribution in [2.24, 2.45) is 0 Å². The van der Waals surface area contributed by atoms with Crippen LogP contribution in [0, 0.1) is 13.8 Å². The minimum Gasteiger partial charge on any atom is -0.304 e. The largest absolute Gasteiger partial charge is 0.304 e. The van der Waals surface area contributed by atoms with Crippen LogP contribution in [0.2, 0.25) is 0 Å². The number of nitrogens with one attached hydrogen (secondary N) is 1. The minimum absolute atomic E-state index is 0.315. The molecule has 0 aliphatic carbocycles. The highest BCUT2D eigenvalue weighted by Gasteiger charge is 2.07. The third kappa shape index (κ3) is 3.14. The highest BCUT2D eigenvalue weighted by atomic mass is 32.1. The van der Waals surface area contributed by atoms with Crippen molar-refractivity contribution >= 4 is 11.3 Å². The molecule has 0 bridgehead atoms. The standard InChI is InChI=1S/C14H18N2S/c1-10-4-5-11(2)13(8-10)9-16-12(3)14-15-6-7-17-14/h4-8,12,16H,9H2,1-3H3. The van der Waals surface area contributed by atoms with Crippen LogP contribution in [0.4, 0.5) is 0 Å². The van der Waals surface area contributed by atoms with Crippen LogP contribution in [0.15, 0.2) is 29.8 Å². The van der Waals surface area contributed by atoms with Crippen LogP contribution < -0.4 is 5.32 Å². The van der Waals surface area contributed by atoms with Crippen molar-refractivity contribution in [3.05, 3.63) is 51.5 Å². The van der Waals surface area contributed by atoms with Crippen molar-refractivity contribution in [1.82, 2.24) is 10.3 Å². The first kappa shape index (κ1) is 12.3. The maximum absolute atomic E-state index is 4.32. The SMILES string of the molecule is Cc1ccc(C)c(CNC(C)c2nccs2)c1. The summed E-state index contributed by atoms with van der Waals surface area (Å²) < 4.78 is 0. The van der Waals surface area contributed by atoms with Gasteiger partial charge in [-0.25, -0.2) is 4.98 Å². The van der Waals surface area contributed by atoms with E-state index in [-0.39, 0.29) is 0 Å². The Balaban J connectivity index is 2.00. The van der Waals surface area contributed by atoms with Crippen LogP contribution in [0.3, 0.4) is 0 Å². The molecule has 2 nitrogen and oxygen atoms in total. The summed E-state index contributed by atoms with van der Waals surface area (Å²) in [6.07, 6.45) is 1.86. The molecule has 1 unspecified atom stereocenters. The molecule has 1 atom stereocenters. The van der Waals surface area contributed by atoms with Gasteiger partial charge in [-0.3, -0.25) is 0 Å².